The normalized spacial score (nSPS) is 15.6. The van der Waals surface area contributed by atoms with E-state index in [0.29, 0.717) is 63.9 Å². The largest absolute Gasteiger partial charge is 0.369 e. The number of carbonyl (C=O) groups is 2. The van der Waals surface area contributed by atoms with Crippen LogP contribution in [0.2, 0.25) is 0 Å². The highest BCUT2D eigenvalue weighted by atomic mass is 32.2. The Hall–Kier alpha value is -2.53. The molecule has 1 aliphatic rings. The molecule has 0 spiro atoms. The van der Waals surface area contributed by atoms with Crippen molar-refractivity contribution in [1.82, 2.24) is 24.2 Å². The van der Waals surface area contributed by atoms with Gasteiger partial charge in [-0.15, -0.1) is 5.10 Å². The summed E-state index contributed by atoms with van der Waals surface area (Å²) in [5.74, 6) is -0.376. The first-order chi connectivity index (χ1) is 14.8. The Morgan fingerprint density at radius 1 is 1.19 bits per heavy atom. The van der Waals surface area contributed by atoms with Gasteiger partial charge in [-0.2, -0.15) is 4.31 Å². The zero-order chi connectivity index (χ0) is 22.6. The number of fused-ring (bicyclic) bond motifs is 1. The molecule has 0 atom stereocenters. The SMILES string of the molecule is CCN(CC)S(=O)(=O)c1ccc2c(c1)nnn2CCCC(=O)N1CCC(C(N)=O)CC1. The number of piperidine rings is 1. The number of hydrogen-bond acceptors (Lipinski definition) is 6. The third-order valence-corrected chi connectivity index (χ3v) is 7.89. The maximum atomic E-state index is 12.7. The Kier molecular flexibility index (Phi) is 7.26. The van der Waals surface area contributed by atoms with E-state index in [1.807, 2.05) is 0 Å². The first-order valence-electron chi connectivity index (χ1n) is 10.7. The number of nitrogens with two attached hydrogens (primary N) is 1. The first-order valence-corrected chi connectivity index (χ1v) is 12.1. The highest BCUT2D eigenvalue weighted by molar-refractivity contribution is 7.89. The van der Waals surface area contributed by atoms with E-state index in [0.717, 1.165) is 5.52 Å². The van der Waals surface area contributed by atoms with Gasteiger partial charge in [0.1, 0.15) is 5.52 Å². The van der Waals surface area contributed by atoms with Crippen molar-refractivity contribution in [2.45, 2.75) is 51.0 Å². The molecule has 1 saturated heterocycles. The predicted molar refractivity (Wildman–Crippen MR) is 115 cm³/mol. The number of likely N-dealkylation sites (tertiary alicyclic amines) is 1. The Morgan fingerprint density at radius 3 is 2.48 bits per heavy atom. The molecule has 0 radical (unpaired) electrons. The topological polar surface area (TPSA) is 131 Å². The van der Waals surface area contributed by atoms with Gasteiger partial charge < -0.3 is 10.6 Å². The maximum Gasteiger partial charge on any atom is 0.243 e. The van der Waals surface area contributed by atoms with Gasteiger partial charge in [-0.05, 0) is 37.5 Å². The van der Waals surface area contributed by atoms with Crippen molar-refractivity contribution in [2.75, 3.05) is 26.2 Å². The number of amides is 2. The van der Waals surface area contributed by atoms with E-state index in [4.69, 9.17) is 5.73 Å². The molecule has 1 aromatic carbocycles. The minimum absolute atomic E-state index is 0.0555. The highest BCUT2D eigenvalue weighted by Gasteiger charge is 2.26. The zero-order valence-electron chi connectivity index (χ0n) is 18.0. The molecule has 11 heteroatoms. The van der Waals surface area contributed by atoms with Crippen molar-refractivity contribution in [3.8, 4) is 0 Å². The second kappa shape index (κ2) is 9.73. The van der Waals surface area contributed by atoms with Gasteiger partial charge in [-0.25, -0.2) is 13.1 Å². The van der Waals surface area contributed by atoms with Crippen LogP contribution in [0.1, 0.15) is 39.5 Å². The van der Waals surface area contributed by atoms with Crippen LogP contribution in [0.3, 0.4) is 0 Å². The molecule has 2 heterocycles. The van der Waals surface area contributed by atoms with E-state index in [1.54, 1.807) is 41.6 Å². The molecule has 10 nitrogen and oxygen atoms in total. The molecule has 0 aliphatic carbocycles. The van der Waals surface area contributed by atoms with E-state index in [9.17, 15) is 18.0 Å². The second-order valence-electron chi connectivity index (χ2n) is 7.71. The summed E-state index contributed by atoms with van der Waals surface area (Å²) in [5, 5.41) is 8.23. The minimum atomic E-state index is -3.56. The lowest BCUT2D eigenvalue weighted by Gasteiger charge is -2.30. The predicted octanol–water partition coefficient (Wildman–Crippen LogP) is 0.966. The number of nitrogens with zero attached hydrogens (tertiary/aromatic N) is 5. The quantitative estimate of drug-likeness (QED) is 0.605. The fraction of sp³-hybridized carbons (Fsp3) is 0.600. The third kappa shape index (κ3) is 5.04. The summed E-state index contributed by atoms with van der Waals surface area (Å²) in [6, 6.07) is 4.83. The van der Waals surface area contributed by atoms with E-state index in [1.165, 1.54) is 4.31 Å². The van der Waals surface area contributed by atoms with Crippen LogP contribution in [0.25, 0.3) is 11.0 Å². The van der Waals surface area contributed by atoms with Gasteiger partial charge in [0.05, 0.1) is 10.4 Å². The van der Waals surface area contributed by atoms with Crippen molar-refractivity contribution in [3.05, 3.63) is 18.2 Å². The number of hydrogen-bond donors (Lipinski definition) is 1. The minimum Gasteiger partial charge on any atom is -0.369 e. The summed E-state index contributed by atoms with van der Waals surface area (Å²) in [7, 11) is -3.56. The van der Waals surface area contributed by atoms with E-state index in [2.05, 4.69) is 10.3 Å². The van der Waals surface area contributed by atoms with Crippen molar-refractivity contribution in [1.29, 1.82) is 0 Å². The van der Waals surface area contributed by atoms with Crippen LogP contribution in [-0.2, 0) is 26.2 Å². The summed E-state index contributed by atoms with van der Waals surface area (Å²) in [6.45, 7) is 6.02. The fourth-order valence-electron chi connectivity index (χ4n) is 3.94. The van der Waals surface area contributed by atoms with Crippen LogP contribution in [0, 0.1) is 5.92 Å². The summed E-state index contributed by atoms with van der Waals surface area (Å²) in [5.41, 5.74) is 6.57. The van der Waals surface area contributed by atoms with Crippen molar-refractivity contribution < 1.29 is 18.0 Å². The van der Waals surface area contributed by atoms with Crippen LogP contribution >= 0.6 is 0 Å². The van der Waals surface area contributed by atoms with Gasteiger partial charge in [0.15, 0.2) is 0 Å². The molecule has 2 N–H and O–H groups in total. The standard InChI is InChI=1S/C20H30N6O4S/c1-3-25(4-2)31(29,30)16-7-8-18-17(14-16)22-23-26(18)11-5-6-19(27)24-12-9-15(10-13-24)20(21)28/h7-8,14-15H,3-6,9-13H2,1-2H3,(H2,21,28). The van der Waals surface area contributed by atoms with E-state index >= 15 is 0 Å². The number of carbonyl (C=O) groups excluding carboxylic acids is 2. The Morgan fingerprint density at radius 2 is 1.87 bits per heavy atom. The molecule has 31 heavy (non-hydrogen) atoms. The van der Waals surface area contributed by atoms with Crippen molar-refractivity contribution >= 4 is 32.9 Å². The Balaban J connectivity index is 1.59. The Bertz CT molecular complexity index is 1040. The molecule has 0 saturated carbocycles. The van der Waals surface area contributed by atoms with E-state index in [-0.39, 0.29) is 22.6 Å². The lowest BCUT2D eigenvalue weighted by molar-refractivity contribution is -0.135. The molecule has 1 aromatic heterocycles. The van der Waals surface area contributed by atoms with Gasteiger partial charge in [0.25, 0.3) is 0 Å². The average Bonchev–Trinajstić information content (AvgIpc) is 3.16. The summed E-state index contributed by atoms with van der Waals surface area (Å²) < 4.78 is 28.5. The number of rotatable bonds is 9. The van der Waals surface area contributed by atoms with Gasteiger partial charge in [0, 0.05) is 45.1 Å². The lowest BCUT2D eigenvalue weighted by atomic mass is 9.96. The van der Waals surface area contributed by atoms with Crippen LogP contribution in [0.15, 0.2) is 23.1 Å². The summed E-state index contributed by atoms with van der Waals surface area (Å²) >= 11 is 0. The zero-order valence-corrected chi connectivity index (χ0v) is 18.8. The average molecular weight is 451 g/mol. The molecule has 170 valence electrons. The van der Waals surface area contributed by atoms with Crippen LogP contribution in [-0.4, -0.2) is 70.6 Å². The molecule has 1 aliphatic heterocycles. The number of aromatic nitrogens is 3. The van der Waals surface area contributed by atoms with Gasteiger partial charge in [0.2, 0.25) is 21.8 Å². The van der Waals surface area contributed by atoms with Crippen LogP contribution in [0.5, 0.6) is 0 Å². The molecule has 2 amide bonds. The first kappa shape index (κ1) is 23.1. The molecule has 3 rings (SSSR count). The summed E-state index contributed by atoms with van der Waals surface area (Å²) in [6.07, 6.45) is 2.20. The van der Waals surface area contributed by atoms with Crippen molar-refractivity contribution in [3.63, 3.8) is 0 Å². The van der Waals surface area contributed by atoms with Gasteiger partial charge in [-0.1, -0.05) is 19.1 Å². The number of benzene rings is 1. The van der Waals surface area contributed by atoms with Gasteiger partial charge >= 0.3 is 0 Å². The number of aryl methyl sites for hydroxylation is 1. The van der Waals surface area contributed by atoms with Crippen LogP contribution in [0.4, 0.5) is 0 Å². The molecular weight excluding hydrogens is 420 g/mol. The Labute approximate surface area is 182 Å². The van der Waals surface area contributed by atoms with Gasteiger partial charge in [-0.3, -0.25) is 9.59 Å². The number of sulfonamides is 1. The number of primary amides is 1. The molecular formula is C20H30N6O4S. The fourth-order valence-corrected chi connectivity index (χ4v) is 5.42. The molecule has 2 aromatic rings. The van der Waals surface area contributed by atoms with E-state index < -0.39 is 10.0 Å². The highest BCUT2D eigenvalue weighted by Crippen LogP contribution is 2.21. The van der Waals surface area contributed by atoms with Crippen LogP contribution < -0.4 is 5.73 Å². The third-order valence-electron chi connectivity index (χ3n) is 5.84. The molecule has 1 fully saturated rings. The lowest BCUT2D eigenvalue weighted by Crippen LogP contribution is -2.41. The maximum absolute atomic E-state index is 12.7. The second-order valence-corrected chi connectivity index (χ2v) is 9.65. The molecule has 0 bridgehead atoms. The monoisotopic (exact) mass is 450 g/mol. The molecule has 0 unspecified atom stereocenters. The summed E-state index contributed by atoms with van der Waals surface area (Å²) in [4.78, 5) is 25.7. The van der Waals surface area contributed by atoms with Crippen molar-refractivity contribution in [2.24, 2.45) is 11.7 Å². The smallest absolute Gasteiger partial charge is 0.243 e.